The van der Waals surface area contributed by atoms with E-state index in [4.69, 9.17) is 0 Å². The fourth-order valence-corrected chi connectivity index (χ4v) is 3.08. The van der Waals surface area contributed by atoms with Crippen molar-refractivity contribution < 1.29 is 0 Å². The van der Waals surface area contributed by atoms with Crippen LogP contribution < -0.4 is 5.32 Å². The molecule has 1 saturated heterocycles. The van der Waals surface area contributed by atoms with E-state index in [2.05, 4.69) is 34.1 Å². The van der Waals surface area contributed by atoms with Gasteiger partial charge in [-0.1, -0.05) is 0 Å². The molecule has 0 aromatic carbocycles. The van der Waals surface area contributed by atoms with Crippen LogP contribution in [0.15, 0.2) is 6.20 Å². The maximum absolute atomic E-state index is 4.53. The van der Waals surface area contributed by atoms with Crippen molar-refractivity contribution in [1.82, 2.24) is 20.1 Å². The van der Waals surface area contributed by atoms with E-state index in [1.54, 1.807) is 0 Å². The van der Waals surface area contributed by atoms with Gasteiger partial charge in [-0.3, -0.25) is 0 Å². The van der Waals surface area contributed by atoms with Gasteiger partial charge in [-0.15, -0.1) is 11.3 Å². The predicted molar refractivity (Wildman–Crippen MR) is 77.2 cm³/mol. The molecule has 1 fully saturated rings. The Bertz CT molecular complexity index is 358. The summed E-state index contributed by atoms with van der Waals surface area (Å²) in [6, 6.07) is 0.417. The Balaban J connectivity index is 1.78. The first-order valence-corrected chi connectivity index (χ1v) is 7.53. The minimum atomic E-state index is 0.417. The third-order valence-electron chi connectivity index (χ3n) is 3.67. The molecule has 102 valence electrons. The molecule has 2 heterocycles. The van der Waals surface area contributed by atoms with Crippen molar-refractivity contribution in [1.29, 1.82) is 0 Å². The average Bonchev–Trinajstić information content (AvgIpc) is 2.86. The minimum Gasteiger partial charge on any atom is -0.312 e. The molecule has 4 nitrogen and oxygen atoms in total. The second-order valence-corrected chi connectivity index (χ2v) is 6.21. The highest BCUT2D eigenvalue weighted by molar-refractivity contribution is 7.11. The van der Waals surface area contributed by atoms with Crippen LogP contribution in [0.5, 0.6) is 0 Å². The Labute approximate surface area is 114 Å². The summed E-state index contributed by atoms with van der Waals surface area (Å²) in [6.07, 6.45) is 3.11. The molecule has 1 unspecified atom stereocenters. The molecule has 1 aliphatic rings. The number of rotatable bonds is 5. The first-order chi connectivity index (χ1) is 8.69. The second kappa shape index (κ2) is 6.61. The molecular weight excluding hydrogens is 244 g/mol. The van der Waals surface area contributed by atoms with Crippen molar-refractivity contribution in [2.75, 3.05) is 46.8 Å². The van der Waals surface area contributed by atoms with Crippen LogP contribution in [0, 0.1) is 0 Å². The molecule has 1 N–H and O–H groups in total. The lowest BCUT2D eigenvalue weighted by Gasteiger charge is -2.32. The lowest BCUT2D eigenvalue weighted by atomic mass is 10.3. The van der Waals surface area contributed by atoms with Gasteiger partial charge in [-0.05, 0) is 21.0 Å². The second-order valence-electron chi connectivity index (χ2n) is 5.06. The molecular formula is C13H24N4S. The highest BCUT2D eigenvalue weighted by Gasteiger charge is 2.14. The highest BCUT2D eigenvalue weighted by atomic mass is 32.1. The third kappa shape index (κ3) is 3.75. The summed E-state index contributed by atoms with van der Waals surface area (Å²) in [6.45, 7) is 8.11. The van der Waals surface area contributed by atoms with Gasteiger partial charge >= 0.3 is 0 Å². The number of piperazine rings is 1. The predicted octanol–water partition coefficient (Wildman–Crippen LogP) is 1.21. The van der Waals surface area contributed by atoms with Crippen LogP contribution in [0.25, 0.3) is 0 Å². The molecule has 18 heavy (non-hydrogen) atoms. The molecule has 1 aromatic heterocycles. The van der Waals surface area contributed by atoms with Gasteiger partial charge in [0.2, 0.25) is 0 Å². The van der Waals surface area contributed by atoms with Gasteiger partial charge in [-0.2, -0.15) is 0 Å². The molecule has 5 heteroatoms. The number of hydrogen-bond donors (Lipinski definition) is 1. The number of nitrogens with one attached hydrogen (secondary N) is 1. The normalized spacial score (nSPS) is 20.2. The Morgan fingerprint density at radius 1 is 1.39 bits per heavy atom. The van der Waals surface area contributed by atoms with E-state index < -0.39 is 0 Å². The van der Waals surface area contributed by atoms with Crippen LogP contribution in [0.2, 0.25) is 0 Å². The number of likely N-dealkylation sites (N-methyl/N-ethyl adjacent to an activating group) is 1. The van der Waals surface area contributed by atoms with Crippen LogP contribution in [0.1, 0.15) is 22.9 Å². The number of thiazole rings is 1. The first-order valence-electron chi connectivity index (χ1n) is 6.72. The molecule has 0 amide bonds. The van der Waals surface area contributed by atoms with Crippen LogP contribution >= 0.6 is 11.3 Å². The third-order valence-corrected chi connectivity index (χ3v) is 4.91. The van der Waals surface area contributed by atoms with E-state index in [1.807, 2.05) is 24.6 Å². The van der Waals surface area contributed by atoms with Crippen LogP contribution in [-0.2, 0) is 6.42 Å². The summed E-state index contributed by atoms with van der Waals surface area (Å²) >= 11 is 1.84. The maximum atomic E-state index is 4.53. The fourth-order valence-electron chi connectivity index (χ4n) is 2.11. The van der Waals surface area contributed by atoms with E-state index in [0.717, 1.165) is 13.0 Å². The highest BCUT2D eigenvalue weighted by Crippen LogP contribution is 2.20. The van der Waals surface area contributed by atoms with E-state index >= 15 is 0 Å². The summed E-state index contributed by atoms with van der Waals surface area (Å²) in [4.78, 5) is 10.8. The number of aromatic nitrogens is 1. The van der Waals surface area contributed by atoms with E-state index in [9.17, 15) is 0 Å². The van der Waals surface area contributed by atoms with Gasteiger partial charge in [0, 0.05) is 56.3 Å². The molecule has 1 aliphatic heterocycles. The van der Waals surface area contributed by atoms with Crippen molar-refractivity contribution >= 4 is 11.3 Å². The molecule has 1 aromatic rings. The van der Waals surface area contributed by atoms with E-state index in [0.29, 0.717) is 6.04 Å². The van der Waals surface area contributed by atoms with Crippen LogP contribution in [0.3, 0.4) is 0 Å². The quantitative estimate of drug-likeness (QED) is 0.870. The molecule has 0 radical (unpaired) electrons. The van der Waals surface area contributed by atoms with Crippen molar-refractivity contribution in [2.24, 2.45) is 0 Å². The van der Waals surface area contributed by atoms with Gasteiger partial charge in [0.25, 0.3) is 0 Å². The van der Waals surface area contributed by atoms with Gasteiger partial charge in [0.1, 0.15) is 0 Å². The largest absolute Gasteiger partial charge is 0.312 e. The van der Waals surface area contributed by atoms with Crippen molar-refractivity contribution in [3.8, 4) is 0 Å². The Morgan fingerprint density at radius 3 is 2.78 bits per heavy atom. The molecule has 0 spiro atoms. The molecule has 2 rings (SSSR count). The number of hydrogen-bond acceptors (Lipinski definition) is 5. The fraction of sp³-hybridized carbons (Fsp3) is 0.769. The molecule has 1 atom stereocenters. The minimum absolute atomic E-state index is 0.417. The van der Waals surface area contributed by atoms with Gasteiger partial charge in [0.15, 0.2) is 0 Å². The topological polar surface area (TPSA) is 31.4 Å². The zero-order valence-corrected chi connectivity index (χ0v) is 12.5. The monoisotopic (exact) mass is 268 g/mol. The SMILES string of the molecule is CNC(C)c1cnc(CCN2CCN(C)CC2)s1. The van der Waals surface area contributed by atoms with Gasteiger partial charge in [0.05, 0.1) is 5.01 Å². The summed E-state index contributed by atoms with van der Waals surface area (Å²) in [5.41, 5.74) is 0. The Morgan fingerprint density at radius 2 is 2.11 bits per heavy atom. The average molecular weight is 268 g/mol. The van der Waals surface area contributed by atoms with Crippen molar-refractivity contribution in [3.63, 3.8) is 0 Å². The molecule has 0 aliphatic carbocycles. The van der Waals surface area contributed by atoms with Gasteiger partial charge < -0.3 is 15.1 Å². The lowest BCUT2D eigenvalue weighted by molar-refractivity contribution is 0.155. The summed E-state index contributed by atoms with van der Waals surface area (Å²) < 4.78 is 0. The zero-order chi connectivity index (χ0) is 13.0. The van der Waals surface area contributed by atoms with Gasteiger partial charge in [-0.25, -0.2) is 4.98 Å². The van der Waals surface area contributed by atoms with Crippen molar-refractivity contribution in [3.05, 3.63) is 16.1 Å². The van der Waals surface area contributed by atoms with E-state index in [-0.39, 0.29) is 0 Å². The summed E-state index contributed by atoms with van der Waals surface area (Å²) in [7, 11) is 4.19. The summed E-state index contributed by atoms with van der Waals surface area (Å²) in [5.74, 6) is 0. The zero-order valence-electron chi connectivity index (χ0n) is 11.6. The van der Waals surface area contributed by atoms with E-state index in [1.165, 1.54) is 36.1 Å². The molecule has 0 saturated carbocycles. The smallest absolute Gasteiger partial charge is 0.0941 e. The first kappa shape index (κ1) is 13.9. The lowest BCUT2D eigenvalue weighted by Crippen LogP contribution is -2.45. The van der Waals surface area contributed by atoms with Crippen LogP contribution in [0.4, 0.5) is 0 Å². The number of nitrogens with zero attached hydrogens (tertiary/aromatic N) is 3. The molecule has 0 bridgehead atoms. The Kier molecular flexibility index (Phi) is 5.12. The Hall–Kier alpha value is -0.490. The summed E-state index contributed by atoms with van der Waals surface area (Å²) in [5, 5.41) is 4.53. The maximum Gasteiger partial charge on any atom is 0.0941 e. The van der Waals surface area contributed by atoms with Crippen LogP contribution in [-0.4, -0.2) is 61.6 Å². The standard InChI is InChI=1S/C13H24N4S/c1-11(14-2)12-10-15-13(18-12)4-5-17-8-6-16(3)7-9-17/h10-11,14H,4-9H2,1-3H3. The van der Waals surface area contributed by atoms with Crippen molar-refractivity contribution in [2.45, 2.75) is 19.4 Å².